The number of pyridine rings is 1. The molecule has 4 rings (SSSR count). The molecule has 3 aromatic heterocycles. The zero-order chi connectivity index (χ0) is 22.0. The van der Waals surface area contributed by atoms with E-state index in [1.807, 2.05) is 26.2 Å². The van der Waals surface area contributed by atoms with Crippen LogP contribution in [0.4, 0.5) is 5.95 Å². The molecular weight excluding hydrogens is 416 g/mol. The van der Waals surface area contributed by atoms with E-state index in [4.69, 9.17) is 5.11 Å². The summed E-state index contributed by atoms with van der Waals surface area (Å²) >= 11 is 1.35. The lowest BCUT2D eigenvalue weighted by atomic mass is 9.95. The first-order valence-electron chi connectivity index (χ1n) is 10.0. The van der Waals surface area contributed by atoms with E-state index in [1.54, 1.807) is 28.4 Å². The average molecular weight is 441 g/mol. The Morgan fingerprint density at radius 2 is 2.06 bits per heavy atom. The fourth-order valence-electron chi connectivity index (χ4n) is 3.80. The zero-order valence-corrected chi connectivity index (χ0v) is 18.2. The van der Waals surface area contributed by atoms with Crippen molar-refractivity contribution in [1.29, 1.82) is 0 Å². The highest BCUT2D eigenvalue weighted by Gasteiger charge is 2.33. The molecule has 2 amide bonds. The normalized spacial score (nSPS) is 16.0. The van der Waals surface area contributed by atoms with Gasteiger partial charge in [-0.1, -0.05) is 6.07 Å². The van der Waals surface area contributed by atoms with Crippen LogP contribution in [0.25, 0.3) is 10.2 Å². The number of hydrogen-bond acceptors (Lipinski definition) is 8. The Labute approximate surface area is 183 Å². The van der Waals surface area contributed by atoms with Crippen LogP contribution >= 0.6 is 11.3 Å². The first-order chi connectivity index (χ1) is 15.0. The van der Waals surface area contributed by atoms with E-state index in [1.165, 1.54) is 11.3 Å². The van der Waals surface area contributed by atoms with Crippen LogP contribution in [0.5, 0.6) is 0 Å². The van der Waals surface area contributed by atoms with Gasteiger partial charge < -0.3 is 20.2 Å². The van der Waals surface area contributed by atoms with Crippen LogP contribution < -0.4 is 10.2 Å². The van der Waals surface area contributed by atoms with E-state index in [-0.39, 0.29) is 30.9 Å². The molecular formula is C21H24N6O3S. The maximum Gasteiger partial charge on any atom is 0.261 e. The molecule has 0 aromatic carbocycles. The van der Waals surface area contributed by atoms with E-state index >= 15 is 0 Å². The largest absolute Gasteiger partial charge is 0.395 e. The number of rotatable bonds is 6. The Bertz CT molecular complexity index is 1100. The molecule has 0 aliphatic carbocycles. The van der Waals surface area contributed by atoms with Crippen LogP contribution in [-0.2, 0) is 0 Å². The van der Waals surface area contributed by atoms with Crippen LogP contribution in [0.15, 0.2) is 30.7 Å². The highest BCUT2D eigenvalue weighted by Crippen LogP contribution is 2.39. The summed E-state index contributed by atoms with van der Waals surface area (Å²) in [6.45, 7) is 1.17. The van der Waals surface area contributed by atoms with Crippen molar-refractivity contribution >= 4 is 39.3 Å². The molecule has 2 N–H and O–H groups in total. The number of fused-ring (bicyclic) bond motifs is 1. The van der Waals surface area contributed by atoms with Gasteiger partial charge in [-0.15, -0.1) is 11.3 Å². The number of nitrogens with one attached hydrogen (secondary N) is 1. The van der Waals surface area contributed by atoms with Crippen LogP contribution in [0.1, 0.15) is 37.9 Å². The van der Waals surface area contributed by atoms with E-state index in [0.717, 1.165) is 22.2 Å². The Kier molecular flexibility index (Phi) is 6.10. The van der Waals surface area contributed by atoms with Gasteiger partial charge in [0, 0.05) is 63.6 Å². The van der Waals surface area contributed by atoms with Crippen LogP contribution in [0.2, 0.25) is 0 Å². The Morgan fingerprint density at radius 3 is 2.77 bits per heavy atom. The number of thiophene rings is 1. The standard InChI is InChI=1S/C21H24N6O3S/c1-26(2)21-24-10-14(11-25-21)20(30)27-8-5-13(12-27)16-15-4-3-6-23-19(15)31-17(16)18(29)22-7-9-28/h3-4,6,10-11,13,28H,5,7-9,12H2,1-2H3,(H,22,29)/t13-/m1/s1. The minimum atomic E-state index is -0.218. The molecule has 1 aliphatic rings. The SMILES string of the molecule is CN(C)c1ncc(C(=O)N2CC[C@@H](c3c(C(=O)NCCO)sc4ncccc34)C2)cn1. The second kappa shape index (κ2) is 8.94. The number of aliphatic hydroxyl groups excluding tert-OH is 1. The first kappa shape index (κ1) is 21.1. The number of aliphatic hydroxyl groups is 1. The highest BCUT2D eigenvalue weighted by atomic mass is 32.1. The lowest BCUT2D eigenvalue weighted by molar-refractivity contribution is 0.0790. The molecule has 4 heterocycles. The fourth-order valence-corrected chi connectivity index (χ4v) is 4.95. The van der Waals surface area contributed by atoms with Gasteiger partial charge in [-0.3, -0.25) is 9.59 Å². The quantitative estimate of drug-likeness (QED) is 0.597. The minimum Gasteiger partial charge on any atom is -0.395 e. The van der Waals surface area contributed by atoms with Crippen molar-refractivity contribution in [3.05, 3.63) is 46.7 Å². The molecule has 1 fully saturated rings. The Balaban J connectivity index is 1.58. The van der Waals surface area contributed by atoms with Gasteiger partial charge in [0.05, 0.1) is 17.0 Å². The summed E-state index contributed by atoms with van der Waals surface area (Å²) in [5.74, 6) is 0.242. The van der Waals surface area contributed by atoms with E-state index < -0.39 is 0 Å². The summed E-state index contributed by atoms with van der Waals surface area (Å²) in [5, 5.41) is 12.7. The second-order valence-electron chi connectivity index (χ2n) is 7.58. The van der Waals surface area contributed by atoms with Crippen molar-refractivity contribution in [3.8, 4) is 0 Å². The van der Waals surface area contributed by atoms with Gasteiger partial charge in [0.25, 0.3) is 11.8 Å². The fraction of sp³-hybridized carbons (Fsp3) is 0.381. The van der Waals surface area contributed by atoms with Gasteiger partial charge in [0.15, 0.2) is 0 Å². The summed E-state index contributed by atoms with van der Waals surface area (Å²) in [6, 6.07) is 3.82. The molecule has 1 saturated heterocycles. The Morgan fingerprint density at radius 1 is 1.29 bits per heavy atom. The lowest BCUT2D eigenvalue weighted by Gasteiger charge is -2.17. The second-order valence-corrected chi connectivity index (χ2v) is 8.58. The maximum atomic E-state index is 13.0. The van der Waals surface area contributed by atoms with Crippen molar-refractivity contribution in [2.45, 2.75) is 12.3 Å². The smallest absolute Gasteiger partial charge is 0.261 e. The van der Waals surface area contributed by atoms with Crippen molar-refractivity contribution in [3.63, 3.8) is 0 Å². The van der Waals surface area contributed by atoms with Gasteiger partial charge >= 0.3 is 0 Å². The summed E-state index contributed by atoms with van der Waals surface area (Å²) in [6.07, 6.45) is 5.56. The first-order valence-corrected chi connectivity index (χ1v) is 10.9. The summed E-state index contributed by atoms with van der Waals surface area (Å²) in [5.41, 5.74) is 1.38. The van der Waals surface area contributed by atoms with Gasteiger partial charge in [0.2, 0.25) is 5.95 Å². The molecule has 0 bridgehead atoms. The minimum absolute atomic E-state index is 0.0266. The third-order valence-corrected chi connectivity index (χ3v) is 6.41. The topological polar surface area (TPSA) is 112 Å². The predicted molar refractivity (Wildman–Crippen MR) is 119 cm³/mol. The number of hydrogen-bond donors (Lipinski definition) is 2. The summed E-state index contributed by atoms with van der Waals surface area (Å²) in [4.78, 5) is 43.5. The third-order valence-electron chi connectivity index (χ3n) is 5.28. The number of carbonyl (C=O) groups is 2. The monoisotopic (exact) mass is 440 g/mol. The van der Waals surface area contributed by atoms with E-state index in [2.05, 4.69) is 20.3 Å². The van der Waals surface area contributed by atoms with Crippen molar-refractivity contribution < 1.29 is 14.7 Å². The van der Waals surface area contributed by atoms with Crippen molar-refractivity contribution in [1.82, 2.24) is 25.2 Å². The van der Waals surface area contributed by atoms with Crippen molar-refractivity contribution in [2.24, 2.45) is 0 Å². The Hall–Kier alpha value is -3.11. The number of likely N-dealkylation sites (tertiary alicyclic amines) is 1. The zero-order valence-electron chi connectivity index (χ0n) is 17.4. The molecule has 9 nitrogen and oxygen atoms in total. The van der Waals surface area contributed by atoms with Gasteiger partial charge in [-0.05, 0) is 18.1 Å². The van der Waals surface area contributed by atoms with Gasteiger partial charge in [-0.25, -0.2) is 15.0 Å². The number of anilines is 1. The van der Waals surface area contributed by atoms with Crippen LogP contribution in [0, 0.1) is 0 Å². The molecule has 1 atom stereocenters. The maximum absolute atomic E-state index is 13.0. The molecule has 0 radical (unpaired) electrons. The van der Waals surface area contributed by atoms with Crippen LogP contribution in [-0.4, -0.2) is 77.1 Å². The number of nitrogens with zero attached hydrogens (tertiary/aromatic N) is 5. The molecule has 3 aromatic rings. The van der Waals surface area contributed by atoms with E-state index in [0.29, 0.717) is 29.5 Å². The van der Waals surface area contributed by atoms with E-state index in [9.17, 15) is 9.59 Å². The molecule has 10 heteroatoms. The number of amides is 2. The lowest BCUT2D eigenvalue weighted by Crippen LogP contribution is -2.29. The molecule has 162 valence electrons. The number of aromatic nitrogens is 3. The molecule has 1 aliphatic heterocycles. The molecule has 0 unspecified atom stereocenters. The average Bonchev–Trinajstić information content (AvgIpc) is 3.41. The number of carbonyl (C=O) groups excluding carboxylic acids is 2. The van der Waals surface area contributed by atoms with Gasteiger partial charge in [-0.2, -0.15) is 0 Å². The van der Waals surface area contributed by atoms with Gasteiger partial charge in [0.1, 0.15) is 4.83 Å². The summed E-state index contributed by atoms with van der Waals surface area (Å²) < 4.78 is 0. The summed E-state index contributed by atoms with van der Waals surface area (Å²) in [7, 11) is 3.69. The highest BCUT2D eigenvalue weighted by molar-refractivity contribution is 7.20. The third kappa shape index (κ3) is 4.21. The van der Waals surface area contributed by atoms with Crippen LogP contribution in [0.3, 0.4) is 0 Å². The molecule has 0 spiro atoms. The predicted octanol–water partition coefficient (Wildman–Crippen LogP) is 1.50. The molecule has 0 saturated carbocycles. The molecule has 31 heavy (non-hydrogen) atoms. The van der Waals surface area contributed by atoms with Crippen molar-refractivity contribution in [2.75, 3.05) is 45.2 Å².